The van der Waals surface area contributed by atoms with E-state index in [1.807, 2.05) is 20.8 Å². The van der Waals surface area contributed by atoms with Gasteiger partial charge in [-0.1, -0.05) is 0 Å². The Morgan fingerprint density at radius 2 is 1.56 bits per heavy atom. The van der Waals surface area contributed by atoms with E-state index in [4.69, 9.17) is 0 Å². The first-order chi connectivity index (χ1) is 12.7. The Labute approximate surface area is 162 Å². The highest BCUT2D eigenvalue weighted by molar-refractivity contribution is 6.04. The molecule has 1 heterocycles. The summed E-state index contributed by atoms with van der Waals surface area (Å²) in [6.07, 6.45) is 8.46. The quantitative estimate of drug-likeness (QED) is 0.751. The Morgan fingerprint density at radius 3 is 2.00 bits per heavy atom. The first-order valence-electron chi connectivity index (χ1n) is 10.8. The van der Waals surface area contributed by atoms with Crippen LogP contribution in [-0.4, -0.2) is 28.6 Å². The number of aryl methyl sites for hydroxylation is 1. The van der Waals surface area contributed by atoms with Crippen molar-refractivity contribution < 1.29 is 14.9 Å². The Hall–Kier alpha value is -1.42. The van der Waals surface area contributed by atoms with E-state index in [-0.39, 0.29) is 17.6 Å². The number of Topliss-reactive ketones (excluding diaryl/α,β-unsaturated/α-hetero) is 2. The molecule has 1 aromatic heterocycles. The number of carbonyl (C=O) groups excluding carboxylic acids is 2. The number of ketones is 2. The van der Waals surface area contributed by atoms with Gasteiger partial charge < -0.3 is 10.3 Å². The Kier molecular flexibility index (Phi) is 4.61. The molecule has 4 fully saturated rings. The molecule has 3 N–H and O–H groups in total. The maximum atomic E-state index is 13.1. The number of H-pyrrole nitrogens is 1. The second-order valence-corrected chi connectivity index (χ2v) is 10.1. The molecule has 4 aliphatic carbocycles. The monoisotopic (exact) mass is 371 g/mol. The van der Waals surface area contributed by atoms with Gasteiger partial charge in [0.25, 0.3) is 0 Å². The molecule has 0 saturated heterocycles. The van der Waals surface area contributed by atoms with Gasteiger partial charge in [-0.2, -0.15) is 0 Å². The molecular formula is C23H35N2O2+. The van der Waals surface area contributed by atoms with Crippen LogP contribution in [0, 0.1) is 37.0 Å². The number of carbonyl (C=O) groups is 2. The van der Waals surface area contributed by atoms with Crippen molar-refractivity contribution in [3.8, 4) is 0 Å². The van der Waals surface area contributed by atoms with Crippen LogP contribution in [0.1, 0.15) is 91.4 Å². The molecule has 2 atom stereocenters. The van der Waals surface area contributed by atoms with Gasteiger partial charge in [-0.3, -0.25) is 9.59 Å². The summed E-state index contributed by atoms with van der Waals surface area (Å²) in [6, 6.07) is 0.359. The SMILES string of the molecule is CC(=O)c1c(C)[nH]c(C(=O)[C@@H](C)[NH2+][C@H](C)C23CC4CC(CC(C4)C2)C3)c1C. The first kappa shape index (κ1) is 18.9. The molecule has 5 rings (SSSR count). The van der Waals surface area contributed by atoms with E-state index >= 15 is 0 Å². The molecule has 27 heavy (non-hydrogen) atoms. The summed E-state index contributed by atoms with van der Waals surface area (Å²) in [4.78, 5) is 28.2. The second-order valence-electron chi connectivity index (χ2n) is 10.1. The zero-order valence-corrected chi connectivity index (χ0v) is 17.5. The molecule has 1 aromatic rings. The zero-order valence-electron chi connectivity index (χ0n) is 17.5. The maximum Gasteiger partial charge on any atom is 0.235 e. The first-order valence-corrected chi connectivity index (χ1v) is 10.8. The maximum absolute atomic E-state index is 13.1. The summed E-state index contributed by atoms with van der Waals surface area (Å²) >= 11 is 0. The van der Waals surface area contributed by atoms with Crippen LogP contribution in [0.4, 0.5) is 0 Å². The zero-order chi connectivity index (χ0) is 19.5. The average Bonchev–Trinajstić information content (AvgIpc) is 2.87. The lowest BCUT2D eigenvalue weighted by Crippen LogP contribution is -2.98. The molecule has 4 nitrogen and oxygen atoms in total. The van der Waals surface area contributed by atoms with E-state index in [2.05, 4.69) is 17.2 Å². The van der Waals surface area contributed by atoms with Gasteiger partial charge in [-0.25, -0.2) is 0 Å². The van der Waals surface area contributed by atoms with E-state index in [0.717, 1.165) is 29.0 Å². The van der Waals surface area contributed by atoms with Gasteiger partial charge in [0, 0.05) is 16.7 Å². The van der Waals surface area contributed by atoms with Crippen LogP contribution < -0.4 is 5.32 Å². The Bertz CT molecular complexity index is 740. The molecule has 0 aliphatic heterocycles. The lowest BCUT2D eigenvalue weighted by Gasteiger charge is -2.58. The molecule has 0 amide bonds. The number of rotatable bonds is 6. The van der Waals surface area contributed by atoms with E-state index < -0.39 is 0 Å². The van der Waals surface area contributed by atoms with Gasteiger partial charge in [0.1, 0.15) is 6.04 Å². The van der Waals surface area contributed by atoms with Crippen molar-refractivity contribution in [3.63, 3.8) is 0 Å². The lowest BCUT2D eigenvalue weighted by molar-refractivity contribution is -0.718. The highest BCUT2D eigenvalue weighted by atomic mass is 16.1. The third kappa shape index (κ3) is 3.10. The topological polar surface area (TPSA) is 66.5 Å². The summed E-state index contributed by atoms with van der Waals surface area (Å²) in [5.41, 5.74) is 3.37. The fourth-order valence-corrected chi connectivity index (χ4v) is 7.21. The predicted molar refractivity (Wildman–Crippen MR) is 106 cm³/mol. The third-order valence-electron chi connectivity index (χ3n) is 8.08. The van der Waals surface area contributed by atoms with Crippen molar-refractivity contribution in [1.82, 2.24) is 4.98 Å². The Morgan fingerprint density at radius 1 is 1.04 bits per heavy atom. The number of hydrogen-bond donors (Lipinski definition) is 2. The van der Waals surface area contributed by atoms with Gasteiger partial charge in [0.05, 0.1) is 11.7 Å². The van der Waals surface area contributed by atoms with Crippen LogP contribution in [-0.2, 0) is 0 Å². The smallest absolute Gasteiger partial charge is 0.235 e. The molecular weight excluding hydrogens is 336 g/mol. The van der Waals surface area contributed by atoms with Gasteiger partial charge in [-0.15, -0.1) is 0 Å². The van der Waals surface area contributed by atoms with E-state index in [9.17, 15) is 9.59 Å². The molecule has 4 aliphatic rings. The largest absolute Gasteiger partial charge is 0.355 e. The summed E-state index contributed by atoms with van der Waals surface area (Å²) in [5.74, 6) is 2.96. The molecule has 148 valence electrons. The number of quaternary nitrogens is 1. The lowest BCUT2D eigenvalue weighted by atomic mass is 9.48. The van der Waals surface area contributed by atoms with Crippen LogP contribution in [0.5, 0.6) is 0 Å². The fourth-order valence-electron chi connectivity index (χ4n) is 7.21. The normalized spacial score (nSPS) is 33.9. The number of nitrogens with one attached hydrogen (secondary N) is 1. The van der Waals surface area contributed by atoms with Crippen LogP contribution in [0.2, 0.25) is 0 Å². The van der Waals surface area contributed by atoms with Crippen LogP contribution >= 0.6 is 0 Å². The summed E-state index contributed by atoms with van der Waals surface area (Å²) in [6.45, 7) is 9.73. The van der Waals surface area contributed by atoms with Crippen LogP contribution in [0.3, 0.4) is 0 Å². The summed E-state index contributed by atoms with van der Waals surface area (Å²) in [7, 11) is 0. The fraction of sp³-hybridized carbons (Fsp3) is 0.739. The van der Waals surface area contributed by atoms with Gasteiger partial charge in [0.15, 0.2) is 5.78 Å². The summed E-state index contributed by atoms with van der Waals surface area (Å²) in [5, 5.41) is 2.32. The number of hydrogen-bond acceptors (Lipinski definition) is 2. The predicted octanol–water partition coefficient (Wildman–Crippen LogP) is 3.57. The Balaban J connectivity index is 1.49. The minimum Gasteiger partial charge on any atom is -0.355 e. The van der Waals surface area contributed by atoms with Gasteiger partial charge in [0.2, 0.25) is 5.78 Å². The number of nitrogens with two attached hydrogens (primary N) is 1. The minimum atomic E-state index is -0.121. The third-order valence-corrected chi connectivity index (χ3v) is 8.08. The standard InChI is InChI=1S/C23H34N2O2/c1-12-20(15(4)26)13(2)25-21(12)22(27)14(3)24-16(5)23-9-17-6-18(10-23)8-19(7-17)11-23/h14,16-19,24-25H,6-11H2,1-5H3/p+1/t14-,16-,17?,18?,19?,23?/m1/s1. The van der Waals surface area contributed by atoms with E-state index in [0.29, 0.717) is 22.7 Å². The van der Waals surface area contributed by atoms with Gasteiger partial charge >= 0.3 is 0 Å². The van der Waals surface area contributed by atoms with Crippen LogP contribution in [0.15, 0.2) is 0 Å². The molecule has 4 bridgehead atoms. The van der Waals surface area contributed by atoms with E-state index in [1.165, 1.54) is 38.5 Å². The average molecular weight is 372 g/mol. The molecule has 4 heteroatoms. The van der Waals surface area contributed by atoms with Crippen molar-refractivity contribution >= 4 is 11.6 Å². The molecule has 0 aromatic carbocycles. The van der Waals surface area contributed by atoms with Crippen molar-refractivity contribution in [2.24, 2.45) is 23.2 Å². The molecule has 0 spiro atoms. The molecule has 0 unspecified atom stereocenters. The highest BCUT2D eigenvalue weighted by Crippen LogP contribution is 2.60. The van der Waals surface area contributed by atoms with Gasteiger partial charge in [-0.05, 0) is 96.5 Å². The number of aromatic nitrogens is 1. The van der Waals surface area contributed by atoms with Crippen molar-refractivity contribution in [2.45, 2.75) is 85.2 Å². The van der Waals surface area contributed by atoms with Crippen LogP contribution in [0.25, 0.3) is 0 Å². The van der Waals surface area contributed by atoms with Crippen molar-refractivity contribution in [1.29, 1.82) is 0 Å². The highest BCUT2D eigenvalue weighted by Gasteiger charge is 2.54. The van der Waals surface area contributed by atoms with Crippen molar-refractivity contribution in [2.75, 3.05) is 0 Å². The van der Waals surface area contributed by atoms with E-state index in [1.54, 1.807) is 6.92 Å². The second kappa shape index (κ2) is 6.58. The minimum absolute atomic E-state index is 0.0267. The van der Waals surface area contributed by atoms with Crippen molar-refractivity contribution in [3.05, 3.63) is 22.5 Å². The number of aromatic amines is 1. The molecule has 0 radical (unpaired) electrons. The molecule has 4 saturated carbocycles. The summed E-state index contributed by atoms with van der Waals surface area (Å²) < 4.78 is 0.